The van der Waals surface area contributed by atoms with E-state index in [9.17, 15) is 0 Å². The number of fused-ring (bicyclic) bond motifs is 1. The fourth-order valence-electron chi connectivity index (χ4n) is 1.62. The van der Waals surface area contributed by atoms with Gasteiger partial charge in [0.1, 0.15) is 0 Å². The Morgan fingerprint density at radius 2 is 2.13 bits per heavy atom. The Bertz CT molecular complexity index is 499. The monoisotopic (exact) mass is 203 g/mol. The third-order valence-electron chi connectivity index (χ3n) is 2.45. The van der Waals surface area contributed by atoms with E-state index in [1.54, 1.807) is 6.33 Å². The van der Waals surface area contributed by atoms with Gasteiger partial charge in [0, 0.05) is 0 Å². The van der Waals surface area contributed by atoms with E-state index in [1.165, 1.54) is 6.21 Å². The molecule has 0 saturated heterocycles. The molecule has 1 aromatic heterocycles. The standard InChI is InChI=1S/C11H13N3O/c1-11(2,7-13-15)14-8-12-9-5-3-4-6-10(9)14/h3-8,15H,1-2H3. The third kappa shape index (κ3) is 1.58. The van der Waals surface area contributed by atoms with Crippen LogP contribution in [-0.2, 0) is 5.54 Å². The average molecular weight is 203 g/mol. The number of hydrogen-bond donors (Lipinski definition) is 1. The summed E-state index contributed by atoms with van der Waals surface area (Å²) in [5.74, 6) is 0. The van der Waals surface area contributed by atoms with Crippen molar-refractivity contribution in [3.8, 4) is 0 Å². The van der Waals surface area contributed by atoms with Crippen molar-refractivity contribution < 1.29 is 5.21 Å². The molecule has 0 fully saturated rings. The van der Waals surface area contributed by atoms with Gasteiger partial charge in [0.25, 0.3) is 0 Å². The fraction of sp³-hybridized carbons (Fsp3) is 0.273. The quantitative estimate of drug-likeness (QED) is 0.462. The number of imidazole rings is 1. The maximum absolute atomic E-state index is 8.61. The lowest BCUT2D eigenvalue weighted by Crippen LogP contribution is -2.27. The number of rotatable bonds is 2. The second-order valence-corrected chi connectivity index (χ2v) is 4.00. The van der Waals surface area contributed by atoms with Crippen molar-refractivity contribution in [3.63, 3.8) is 0 Å². The van der Waals surface area contributed by atoms with Gasteiger partial charge in [0.15, 0.2) is 0 Å². The number of nitrogens with zero attached hydrogens (tertiary/aromatic N) is 3. The molecule has 0 atom stereocenters. The molecule has 1 N–H and O–H groups in total. The highest BCUT2D eigenvalue weighted by Crippen LogP contribution is 2.20. The predicted octanol–water partition coefficient (Wildman–Crippen LogP) is 2.23. The molecule has 0 aliphatic carbocycles. The van der Waals surface area contributed by atoms with E-state index in [1.807, 2.05) is 42.7 Å². The van der Waals surface area contributed by atoms with Crippen LogP contribution in [0.25, 0.3) is 11.0 Å². The molecular formula is C11H13N3O. The normalized spacial score (nSPS) is 12.7. The topological polar surface area (TPSA) is 50.4 Å². The highest BCUT2D eigenvalue weighted by atomic mass is 16.4. The average Bonchev–Trinajstić information content (AvgIpc) is 2.61. The Balaban J connectivity index is 2.62. The van der Waals surface area contributed by atoms with Crippen molar-refractivity contribution >= 4 is 17.2 Å². The fourth-order valence-corrected chi connectivity index (χ4v) is 1.62. The molecule has 2 rings (SSSR count). The summed E-state index contributed by atoms with van der Waals surface area (Å²) in [6, 6.07) is 7.87. The minimum absolute atomic E-state index is 0.384. The van der Waals surface area contributed by atoms with Gasteiger partial charge in [-0.15, -0.1) is 0 Å². The zero-order valence-electron chi connectivity index (χ0n) is 8.75. The molecule has 0 aliphatic rings. The molecule has 0 radical (unpaired) electrons. The van der Waals surface area contributed by atoms with Crippen molar-refractivity contribution in [2.45, 2.75) is 19.4 Å². The zero-order chi connectivity index (χ0) is 10.9. The zero-order valence-corrected chi connectivity index (χ0v) is 8.75. The Hall–Kier alpha value is -1.84. The van der Waals surface area contributed by atoms with Crippen molar-refractivity contribution in [2.24, 2.45) is 5.16 Å². The summed E-state index contributed by atoms with van der Waals surface area (Å²) >= 11 is 0. The van der Waals surface area contributed by atoms with Crippen LogP contribution in [-0.4, -0.2) is 21.0 Å². The van der Waals surface area contributed by atoms with Gasteiger partial charge in [0.05, 0.1) is 29.1 Å². The smallest absolute Gasteiger partial charge is 0.0966 e. The summed E-state index contributed by atoms with van der Waals surface area (Å²) in [6.45, 7) is 3.92. The van der Waals surface area contributed by atoms with Gasteiger partial charge in [-0.3, -0.25) is 0 Å². The first-order valence-corrected chi connectivity index (χ1v) is 4.76. The first kappa shape index (κ1) is 9.71. The molecule has 1 heterocycles. The first-order valence-electron chi connectivity index (χ1n) is 4.76. The number of hydrogen-bond acceptors (Lipinski definition) is 3. The Morgan fingerprint density at radius 3 is 2.87 bits per heavy atom. The van der Waals surface area contributed by atoms with E-state index in [4.69, 9.17) is 5.21 Å². The van der Waals surface area contributed by atoms with Crippen LogP contribution in [0.1, 0.15) is 13.8 Å². The number of para-hydroxylation sites is 2. The van der Waals surface area contributed by atoms with E-state index in [0.29, 0.717) is 0 Å². The van der Waals surface area contributed by atoms with Crippen LogP contribution in [0.15, 0.2) is 35.7 Å². The van der Waals surface area contributed by atoms with Crippen LogP contribution in [0.2, 0.25) is 0 Å². The van der Waals surface area contributed by atoms with Gasteiger partial charge in [-0.1, -0.05) is 17.3 Å². The summed E-state index contributed by atoms with van der Waals surface area (Å²) in [5.41, 5.74) is 1.59. The molecule has 0 amide bonds. The number of oxime groups is 1. The minimum atomic E-state index is -0.384. The van der Waals surface area contributed by atoms with Crippen LogP contribution in [0.4, 0.5) is 0 Å². The Labute approximate surface area is 87.9 Å². The Morgan fingerprint density at radius 1 is 1.40 bits per heavy atom. The van der Waals surface area contributed by atoms with E-state index < -0.39 is 0 Å². The number of aromatic nitrogens is 2. The maximum Gasteiger partial charge on any atom is 0.0966 e. The van der Waals surface area contributed by atoms with Gasteiger partial charge in [-0.05, 0) is 26.0 Å². The van der Waals surface area contributed by atoms with Gasteiger partial charge in [-0.2, -0.15) is 0 Å². The summed E-state index contributed by atoms with van der Waals surface area (Å²) < 4.78 is 1.97. The molecule has 0 spiro atoms. The lowest BCUT2D eigenvalue weighted by molar-refractivity contribution is 0.313. The summed E-state index contributed by atoms with van der Waals surface area (Å²) in [6.07, 6.45) is 3.24. The van der Waals surface area contributed by atoms with Crippen LogP contribution in [0.5, 0.6) is 0 Å². The molecule has 0 bridgehead atoms. The molecule has 0 unspecified atom stereocenters. The molecule has 1 aromatic carbocycles. The second kappa shape index (κ2) is 3.38. The molecule has 78 valence electrons. The highest BCUT2D eigenvalue weighted by molar-refractivity contribution is 5.78. The lowest BCUT2D eigenvalue weighted by atomic mass is 10.1. The third-order valence-corrected chi connectivity index (χ3v) is 2.45. The molecule has 0 aliphatic heterocycles. The second-order valence-electron chi connectivity index (χ2n) is 4.00. The van der Waals surface area contributed by atoms with Crippen molar-refractivity contribution in [3.05, 3.63) is 30.6 Å². The van der Waals surface area contributed by atoms with Gasteiger partial charge in [0.2, 0.25) is 0 Å². The van der Waals surface area contributed by atoms with E-state index in [-0.39, 0.29) is 5.54 Å². The lowest BCUT2D eigenvalue weighted by Gasteiger charge is -2.21. The van der Waals surface area contributed by atoms with Gasteiger partial charge in [-0.25, -0.2) is 4.98 Å². The van der Waals surface area contributed by atoms with Crippen LogP contribution < -0.4 is 0 Å². The van der Waals surface area contributed by atoms with Gasteiger partial charge < -0.3 is 9.77 Å². The van der Waals surface area contributed by atoms with Gasteiger partial charge >= 0.3 is 0 Å². The molecule has 4 nitrogen and oxygen atoms in total. The summed E-state index contributed by atoms with van der Waals surface area (Å²) in [4.78, 5) is 4.29. The number of benzene rings is 1. The predicted molar refractivity (Wildman–Crippen MR) is 59.3 cm³/mol. The van der Waals surface area contributed by atoms with Crippen molar-refractivity contribution in [1.82, 2.24) is 9.55 Å². The van der Waals surface area contributed by atoms with Crippen LogP contribution in [0.3, 0.4) is 0 Å². The van der Waals surface area contributed by atoms with Crippen LogP contribution in [0, 0.1) is 0 Å². The Kier molecular flexibility index (Phi) is 2.19. The molecule has 4 heteroatoms. The van der Waals surface area contributed by atoms with E-state index in [2.05, 4.69) is 10.1 Å². The molecule has 2 aromatic rings. The summed E-state index contributed by atoms with van der Waals surface area (Å²) in [7, 11) is 0. The molecule has 15 heavy (non-hydrogen) atoms. The first-order chi connectivity index (χ1) is 7.15. The van der Waals surface area contributed by atoms with E-state index >= 15 is 0 Å². The highest BCUT2D eigenvalue weighted by Gasteiger charge is 2.19. The SMILES string of the molecule is CC(C)(C=NO)n1cnc2ccccc21. The van der Waals surface area contributed by atoms with Crippen molar-refractivity contribution in [1.29, 1.82) is 0 Å². The maximum atomic E-state index is 8.61. The summed E-state index contributed by atoms with van der Waals surface area (Å²) in [5, 5.41) is 11.7. The van der Waals surface area contributed by atoms with E-state index in [0.717, 1.165) is 11.0 Å². The van der Waals surface area contributed by atoms with Crippen LogP contribution >= 0.6 is 0 Å². The largest absolute Gasteiger partial charge is 0.411 e. The molecule has 0 saturated carbocycles. The van der Waals surface area contributed by atoms with Crippen molar-refractivity contribution in [2.75, 3.05) is 0 Å². The minimum Gasteiger partial charge on any atom is -0.411 e. The molecular weight excluding hydrogens is 190 g/mol.